The molecule has 0 saturated heterocycles. The number of aryl methyl sites for hydroxylation is 1. The minimum atomic E-state index is -0.228. The van der Waals surface area contributed by atoms with E-state index in [-0.39, 0.29) is 17.3 Å². The molecule has 1 heterocycles. The first-order valence-corrected chi connectivity index (χ1v) is 9.83. The number of nitrogens with one attached hydrogen (secondary N) is 1. The van der Waals surface area contributed by atoms with E-state index in [1.807, 2.05) is 46.5 Å². The molecule has 0 aliphatic rings. The fraction of sp³-hybridized carbons (Fsp3) is 0.364. The van der Waals surface area contributed by atoms with Crippen molar-refractivity contribution >= 4 is 12.2 Å². The van der Waals surface area contributed by atoms with Gasteiger partial charge in [0.15, 0.2) is 4.77 Å². The Balaban J connectivity index is 1.80. The Morgan fingerprint density at radius 2 is 1.71 bits per heavy atom. The number of hydrogen-bond donors (Lipinski definition) is 1. The molecule has 0 aliphatic carbocycles. The zero-order valence-corrected chi connectivity index (χ0v) is 17.6. The van der Waals surface area contributed by atoms with Crippen LogP contribution in [0.5, 0.6) is 0 Å². The maximum atomic E-state index is 13.3. The van der Waals surface area contributed by atoms with Crippen LogP contribution in [0.4, 0.5) is 4.39 Å². The van der Waals surface area contributed by atoms with Crippen molar-refractivity contribution in [1.82, 2.24) is 19.7 Å². The smallest absolute Gasteiger partial charge is 0.199 e. The third-order valence-electron chi connectivity index (χ3n) is 4.81. The lowest BCUT2D eigenvalue weighted by atomic mass is 9.82. The molecule has 4 nitrogen and oxygen atoms in total. The molecule has 3 aromatic rings. The molecule has 3 rings (SSSR count). The predicted octanol–water partition coefficient (Wildman–Crippen LogP) is 5.24. The van der Waals surface area contributed by atoms with E-state index in [1.165, 1.54) is 17.7 Å². The number of halogens is 1. The lowest BCUT2D eigenvalue weighted by Crippen LogP contribution is -2.34. The van der Waals surface area contributed by atoms with Gasteiger partial charge in [0, 0.05) is 6.04 Å². The van der Waals surface area contributed by atoms with Crippen LogP contribution in [0.3, 0.4) is 0 Å². The second-order valence-corrected chi connectivity index (χ2v) is 8.48. The van der Waals surface area contributed by atoms with Gasteiger partial charge in [0.2, 0.25) is 0 Å². The summed E-state index contributed by atoms with van der Waals surface area (Å²) in [6.07, 6.45) is 0. The topological polar surface area (TPSA) is 34.8 Å². The molecule has 28 heavy (non-hydrogen) atoms. The van der Waals surface area contributed by atoms with Gasteiger partial charge in [0.1, 0.15) is 11.6 Å². The molecule has 0 amide bonds. The first-order chi connectivity index (χ1) is 13.3. The van der Waals surface area contributed by atoms with E-state index >= 15 is 0 Å². The van der Waals surface area contributed by atoms with Crippen molar-refractivity contribution in [2.45, 2.75) is 47.0 Å². The minimum Gasteiger partial charge on any atom is -0.300 e. The lowest BCUT2D eigenvalue weighted by Gasteiger charge is -2.32. The third-order valence-corrected chi connectivity index (χ3v) is 5.24. The van der Waals surface area contributed by atoms with Gasteiger partial charge in [0.25, 0.3) is 0 Å². The normalized spacial score (nSPS) is 12.9. The summed E-state index contributed by atoms with van der Waals surface area (Å²) >= 11 is 5.67. The maximum Gasteiger partial charge on any atom is 0.199 e. The molecular weight excluding hydrogens is 371 g/mol. The highest BCUT2D eigenvalue weighted by Gasteiger charge is 2.26. The highest BCUT2D eigenvalue weighted by atomic mass is 32.1. The Morgan fingerprint density at radius 1 is 1.07 bits per heavy atom. The van der Waals surface area contributed by atoms with Crippen LogP contribution in [-0.2, 0) is 13.2 Å². The van der Waals surface area contributed by atoms with E-state index in [1.54, 1.807) is 0 Å². The number of nitrogens with zero attached hydrogens (tertiary/aromatic N) is 3. The van der Waals surface area contributed by atoms with Crippen molar-refractivity contribution in [3.05, 3.63) is 82.1 Å². The summed E-state index contributed by atoms with van der Waals surface area (Å²) in [5.41, 5.74) is 2.18. The fourth-order valence-corrected chi connectivity index (χ4v) is 3.66. The van der Waals surface area contributed by atoms with Gasteiger partial charge < -0.3 is 0 Å². The van der Waals surface area contributed by atoms with E-state index in [0.717, 1.165) is 11.4 Å². The summed E-state index contributed by atoms with van der Waals surface area (Å²) in [7, 11) is 0. The molecule has 0 saturated carbocycles. The van der Waals surface area contributed by atoms with Crippen LogP contribution >= 0.6 is 12.2 Å². The number of hydrogen-bond acceptors (Lipinski definition) is 3. The van der Waals surface area contributed by atoms with Crippen molar-refractivity contribution in [3.8, 4) is 0 Å². The fourth-order valence-electron chi connectivity index (χ4n) is 3.36. The second-order valence-electron chi connectivity index (χ2n) is 8.11. The van der Waals surface area contributed by atoms with Crippen molar-refractivity contribution in [2.75, 3.05) is 0 Å². The third kappa shape index (κ3) is 4.75. The van der Waals surface area contributed by atoms with Crippen molar-refractivity contribution in [3.63, 3.8) is 0 Å². The number of rotatable bonds is 6. The SMILES string of the molecule is Cc1nn(CN[C@@H](c2ccc(F)cc2)C(C)(C)C)c(=S)n1Cc1ccccc1. The predicted molar refractivity (Wildman–Crippen MR) is 113 cm³/mol. The summed E-state index contributed by atoms with van der Waals surface area (Å²) in [5.74, 6) is 0.652. The molecule has 0 fully saturated rings. The van der Waals surface area contributed by atoms with Gasteiger partial charge in [-0.1, -0.05) is 63.2 Å². The molecule has 1 N–H and O–H groups in total. The molecule has 2 aromatic carbocycles. The van der Waals surface area contributed by atoms with Crippen LogP contribution < -0.4 is 5.32 Å². The van der Waals surface area contributed by atoms with E-state index in [9.17, 15) is 4.39 Å². The Hall–Kier alpha value is -2.31. The molecular formula is C22H27FN4S. The van der Waals surface area contributed by atoms with Crippen molar-refractivity contribution in [1.29, 1.82) is 0 Å². The zero-order chi connectivity index (χ0) is 20.3. The average molecular weight is 399 g/mol. The Bertz CT molecular complexity index is 969. The molecule has 0 aliphatic heterocycles. The monoisotopic (exact) mass is 398 g/mol. The zero-order valence-electron chi connectivity index (χ0n) is 16.8. The van der Waals surface area contributed by atoms with Crippen LogP contribution in [0.2, 0.25) is 0 Å². The molecule has 1 atom stereocenters. The van der Waals surface area contributed by atoms with Crippen LogP contribution in [0.1, 0.15) is 43.8 Å². The van der Waals surface area contributed by atoms with Crippen LogP contribution in [0.25, 0.3) is 0 Å². The molecule has 0 bridgehead atoms. The van der Waals surface area contributed by atoms with E-state index in [4.69, 9.17) is 12.2 Å². The quantitative estimate of drug-likeness (QED) is 0.576. The molecule has 6 heteroatoms. The van der Waals surface area contributed by atoms with Crippen molar-refractivity contribution in [2.24, 2.45) is 5.41 Å². The summed E-state index contributed by atoms with van der Waals surface area (Å²) in [5, 5.41) is 8.18. The van der Waals surface area contributed by atoms with Gasteiger partial charge in [-0.05, 0) is 47.8 Å². The van der Waals surface area contributed by atoms with Crippen molar-refractivity contribution < 1.29 is 4.39 Å². The van der Waals surface area contributed by atoms with E-state index < -0.39 is 0 Å². The lowest BCUT2D eigenvalue weighted by molar-refractivity contribution is 0.251. The molecule has 0 unspecified atom stereocenters. The van der Waals surface area contributed by atoms with Gasteiger partial charge in [-0.15, -0.1) is 0 Å². The van der Waals surface area contributed by atoms with Crippen LogP contribution in [-0.4, -0.2) is 14.3 Å². The maximum absolute atomic E-state index is 13.3. The summed E-state index contributed by atoms with van der Waals surface area (Å²) in [6, 6.07) is 16.9. The van der Waals surface area contributed by atoms with Crippen LogP contribution in [0, 0.1) is 22.9 Å². The summed E-state index contributed by atoms with van der Waals surface area (Å²) in [6.45, 7) is 9.63. The van der Waals surface area contributed by atoms with E-state index in [0.29, 0.717) is 18.0 Å². The minimum absolute atomic E-state index is 0.0366. The average Bonchev–Trinajstić information content (AvgIpc) is 2.91. The number of aromatic nitrogens is 3. The van der Waals surface area contributed by atoms with Gasteiger partial charge >= 0.3 is 0 Å². The first-order valence-electron chi connectivity index (χ1n) is 9.43. The summed E-state index contributed by atoms with van der Waals surface area (Å²) in [4.78, 5) is 0. The number of benzene rings is 2. The molecule has 0 radical (unpaired) electrons. The van der Waals surface area contributed by atoms with E-state index in [2.05, 4.69) is 43.3 Å². The Morgan fingerprint density at radius 3 is 2.32 bits per heavy atom. The largest absolute Gasteiger partial charge is 0.300 e. The summed E-state index contributed by atoms with van der Waals surface area (Å²) < 4.78 is 17.9. The highest BCUT2D eigenvalue weighted by Crippen LogP contribution is 2.32. The van der Waals surface area contributed by atoms with Gasteiger partial charge in [-0.2, -0.15) is 5.10 Å². The molecule has 1 aromatic heterocycles. The first kappa shape index (κ1) is 20.4. The molecule has 148 valence electrons. The molecule has 0 spiro atoms. The van der Waals surface area contributed by atoms with Gasteiger partial charge in [0.05, 0.1) is 13.2 Å². The standard InChI is InChI=1S/C22H27FN4S/c1-16-25-27(21(28)26(16)14-17-8-6-5-7-9-17)15-24-20(22(2,3)4)18-10-12-19(23)13-11-18/h5-13,20,24H,14-15H2,1-4H3/t20-/m0/s1. The second kappa shape index (κ2) is 8.37. The van der Waals surface area contributed by atoms with Crippen LogP contribution in [0.15, 0.2) is 54.6 Å². The Kier molecular flexibility index (Phi) is 6.10. The van der Waals surface area contributed by atoms with Gasteiger partial charge in [-0.25, -0.2) is 9.07 Å². The highest BCUT2D eigenvalue weighted by molar-refractivity contribution is 7.71. The Labute approximate surface area is 171 Å². The van der Waals surface area contributed by atoms with Gasteiger partial charge in [-0.3, -0.25) is 9.88 Å².